The molecule has 2 heterocycles. The van der Waals surface area contributed by atoms with Crippen molar-refractivity contribution in [3.8, 4) is 0 Å². The molecule has 0 saturated carbocycles. The van der Waals surface area contributed by atoms with E-state index >= 15 is 0 Å². The normalized spacial score (nSPS) is 10.9. The summed E-state index contributed by atoms with van der Waals surface area (Å²) in [4.78, 5) is 38.0. The van der Waals surface area contributed by atoms with Gasteiger partial charge < -0.3 is 5.11 Å². The molecule has 0 aliphatic heterocycles. The summed E-state index contributed by atoms with van der Waals surface area (Å²) in [5.41, 5.74) is -1.24. The first-order valence-corrected chi connectivity index (χ1v) is 5.82. The Hall–Kier alpha value is -1.89. The summed E-state index contributed by atoms with van der Waals surface area (Å²) < 4.78 is 0.691. The Kier molecular flexibility index (Phi) is 2.84. The second kappa shape index (κ2) is 4.17. The van der Waals surface area contributed by atoms with Crippen molar-refractivity contribution in [1.29, 1.82) is 0 Å². The van der Waals surface area contributed by atoms with Crippen LogP contribution in [0.15, 0.2) is 15.7 Å². The van der Waals surface area contributed by atoms with Gasteiger partial charge in [0.1, 0.15) is 11.4 Å². The maximum atomic E-state index is 11.9. The van der Waals surface area contributed by atoms with Crippen molar-refractivity contribution in [2.75, 3.05) is 0 Å². The molecule has 0 saturated heterocycles. The Labute approximate surface area is 99.1 Å². The van der Waals surface area contributed by atoms with Crippen LogP contribution in [0.4, 0.5) is 0 Å². The highest BCUT2D eigenvalue weighted by molar-refractivity contribution is 7.18. The molecule has 0 aliphatic carbocycles. The molecule has 2 aromatic rings. The van der Waals surface area contributed by atoms with Crippen LogP contribution in [0.1, 0.15) is 11.8 Å². The first kappa shape index (κ1) is 11.6. The number of aromatic amines is 1. The summed E-state index contributed by atoms with van der Waals surface area (Å²) in [7, 11) is 0. The van der Waals surface area contributed by atoms with E-state index in [1.807, 2.05) is 6.92 Å². The van der Waals surface area contributed by atoms with E-state index in [0.29, 0.717) is 14.8 Å². The van der Waals surface area contributed by atoms with Crippen molar-refractivity contribution >= 4 is 27.5 Å². The molecule has 2 N–H and O–H groups in total. The molecule has 0 unspecified atom stereocenters. The number of carboxylic acid groups (broad SMARTS) is 1. The number of carboxylic acids is 1. The average molecular weight is 254 g/mol. The number of fused-ring (bicyclic) bond motifs is 1. The van der Waals surface area contributed by atoms with Gasteiger partial charge in [0.05, 0.1) is 5.39 Å². The highest BCUT2D eigenvalue weighted by atomic mass is 32.1. The average Bonchev–Trinajstić information content (AvgIpc) is 2.67. The highest BCUT2D eigenvalue weighted by Gasteiger charge is 2.12. The van der Waals surface area contributed by atoms with Gasteiger partial charge in [-0.1, -0.05) is 6.92 Å². The lowest BCUT2D eigenvalue weighted by Crippen LogP contribution is -2.36. The Morgan fingerprint density at radius 2 is 2.24 bits per heavy atom. The molecule has 17 heavy (non-hydrogen) atoms. The number of aryl methyl sites for hydroxylation is 1. The van der Waals surface area contributed by atoms with E-state index in [1.54, 1.807) is 6.07 Å². The van der Waals surface area contributed by atoms with Gasteiger partial charge in [-0.2, -0.15) is 0 Å². The van der Waals surface area contributed by atoms with Crippen molar-refractivity contribution in [1.82, 2.24) is 9.55 Å². The minimum atomic E-state index is -1.22. The van der Waals surface area contributed by atoms with E-state index in [-0.39, 0.29) is 0 Å². The van der Waals surface area contributed by atoms with E-state index in [9.17, 15) is 14.4 Å². The van der Waals surface area contributed by atoms with E-state index in [4.69, 9.17) is 5.11 Å². The van der Waals surface area contributed by atoms with Crippen LogP contribution in [0.2, 0.25) is 0 Å². The summed E-state index contributed by atoms with van der Waals surface area (Å²) in [5.74, 6) is -1.22. The van der Waals surface area contributed by atoms with Gasteiger partial charge in [-0.15, -0.1) is 11.3 Å². The number of thiophene rings is 1. The molecule has 0 amide bonds. The van der Waals surface area contributed by atoms with Crippen LogP contribution in [-0.4, -0.2) is 20.6 Å². The summed E-state index contributed by atoms with van der Waals surface area (Å²) in [5, 5.41) is 9.00. The van der Waals surface area contributed by atoms with Gasteiger partial charge in [0, 0.05) is 4.88 Å². The number of carbonyl (C=O) groups is 1. The van der Waals surface area contributed by atoms with Crippen molar-refractivity contribution in [3.63, 3.8) is 0 Å². The maximum Gasteiger partial charge on any atom is 0.329 e. The van der Waals surface area contributed by atoms with Crippen molar-refractivity contribution < 1.29 is 9.90 Å². The molecule has 0 aromatic carbocycles. The SMILES string of the molecule is CCc1cc2c(=O)n(CC(=O)O)c(=O)[nH]c2s1. The Morgan fingerprint density at radius 1 is 1.53 bits per heavy atom. The van der Waals surface area contributed by atoms with Crippen LogP contribution < -0.4 is 11.2 Å². The van der Waals surface area contributed by atoms with Gasteiger partial charge in [-0.3, -0.25) is 14.6 Å². The summed E-state index contributed by atoms with van der Waals surface area (Å²) in [6.45, 7) is 1.32. The molecule has 6 nitrogen and oxygen atoms in total. The molecular formula is C10H10N2O4S. The number of hydrogen-bond donors (Lipinski definition) is 2. The third kappa shape index (κ3) is 2.01. The molecule has 0 bridgehead atoms. The predicted molar refractivity (Wildman–Crippen MR) is 63.7 cm³/mol. The minimum Gasteiger partial charge on any atom is -0.480 e. The monoisotopic (exact) mass is 254 g/mol. The van der Waals surface area contributed by atoms with Gasteiger partial charge in [-0.25, -0.2) is 9.36 Å². The standard InChI is InChI=1S/C10H10N2O4S/c1-2-5-3-6-8(17-5)11-10(16)12(9(6)15)4-7(13)14/h3H,2,4H2,1H3,(H,11,16)(H,13,14). The van der Waals surface area contributed by atoms with E-state index in [0.717, 1.165) is 11.3 Å². The number of hydrogen-bond acceptors (Lipinski definition) is 4. The van der Waals surface area contributed by atoms with Gasteiger partial charge in [0.25, 0.3) is 5.56 Å². The third-order valence-electron chi connectivity index (χ3n) is 2.37. The maximum absolute atomic E-state index is 11.9. The second-order valence-electron chi connectivity index (χ2n) is 3.52. The summed E-state index contributed by atoms with van der Waals surface area (Å²) in [6.07, 6.45) is 0.764. The Balaban J connectivity index is 2.74. The molecule has 90 valence electrons. The van der Waals surface area contributed by atoms with Crippen LogP contribution in [-0.2, 0) is 17.8 Å². The largest absolute Gasteiger partial charge is 0.480 e. The van der Waals surface area contributed by atoms with Crippen molar-refractivity contribution in [2.45, 2.75) is 19.9 Å². The molecule has 7 heteroatoms. The second-order valence-corrected chi connectivity index (χ2v) is 4.66. The van der Waals surface area contributed by atoms with E-state index < -0.39 is 23.8 Å². The zero-order chi connectivity index (χ0) is 12.6. The fourth-order valence-electron chi connectivity index (χ4n) is 1.55. The number of nitrogens with zero attached hydrogens (tertiary/aromatic N) is 1. The number of aliphatic carboxylic acids is 1. The number of rotatable bonds is 3. The zero-order valence-electron chi connectivity index (χ0n) is 9.02. The lowest BCUT2D eigenvalue weighted by atomic mass is 10.3. The minimum absolute atomic E-state index is 0.368. The van der Waals surface area contributed by atoms with Crippen LogP contribution in [0.25, 0.3) is 10.2 Å². The van der Waals surface area contributed by atoms with Gasteiger partial charge in [0.2, 0.25) is 0 Å². The molecule has 0 aliphatic rings. The van der Waals surface area contributed by atoms with Gasteiger partial charge in [-0.05, 0) is 12.5 Å². The summed E-state index contributed by atoms with van der Waals surface area (Å²) in [6, 6.07) is 1.69. The fraction of sp³-hybridized carbons (Fsp3) is 0.300. The molecule has 2 rings (SSSR count). The first-order chi connectivity index (χ1) is 8.02. The number of aromatic nitrogens is 2. The van der Waals surface area contributed by atoms with Crippen molar-refractivity contribution in [2.24, 2.45) is 0 Å². The molecule has 0 atom stereocenters. The molecule has 0 fully saturated rings. The van der Waals surface area contributed by atoms with Crippen LogP contribution in [0.5, 0.6) is 0 Å². The number of H-pyrrole nitrogens is 1. The van der Waals surface area contributed by atoms with Crippen LogP contribution in [0, 0.1) is 0 Å². The highest BCUT2D eigenvalue weighted by Crippen LogP contribution is 2.20. The molecule has 0 radical (unpaired) electrons. The van der Waals surface area contributed by atoms with Gasteiger partial charge >= 0.3 is 11.7 Å². The molecular weight excluding hydrogens is 244 g/mol. The molecule has 2 aromatic heterocycles. The Bertz CT molecular complexity index is 694. The van der Waals surface area contributed by atoms with E-state index in [1.165, 1.54) is 11.3 Å². The number of nitrogens with one attached hydrogen (secondary N) is 1. The van der Waals surface area contributed by atoms with Crippen LogP contribution >= 0.6 is 11.3 Å². The first-order valence-electron chi connectivity index (χ1n) is 5.00. The molecule has 0 spiro atoms. The quantitative estimate of drug-likeness (QED) is 0.829. The lowest BCUT2D eigenvalue weighted by Gasteiger charge is -1.99. The van der Waals surface area contributed by atoms with Crippen molar-refractivity contribution in [3.05, 3.63) is 31.8 Å². The van der Waals surface area contributed by atoms with Gasteiger partial charge in [0.15, 0.2) is 0 Å². The smallest absolute Gasteiger partial charge is 0.329 e. The third-order valence-corrected chi connectivity index (χ3v) is 3.56. The predicted octanol–water partition coefficient (Wildman–Crippen LogP) is 0.398. The topological polar surface area (TPSA) is 92.2 Å². The Morgan fingerprint density at radius 3 is 2.82 bits per heavy atom. The fourth-order valence-corrected chi connectivity index (χ4v) is 2.53. The van der Waals surface area contributed by atoms with Crippen LogP contribution in [0.3, 0.4) is 0 Å². The zero-order valence-corrected chi connectivity index (χ0v) is 9.84. The summed E-state index contributed by atoms with van der Waals surface area (Å²) >= 11 is 1.34. The lowest BCUT2D eigenvalue weighted by molar-refractivity contribution is -0.137. The van der Waals surface area contributed by atoms with E-state index in [2.05, 4.69) is 4.98 Å².